The molecule has 0 spiro atoms. The van der Waals surface area contributed by atoms with Crippen molar-refractivity contribution in [3.63, 3.8) is 0 Å². The van der Waals surface area contributed by atoms with Gasteiger partial charge in [0, 0.05) is 23.3 Å². The molecule has 1 heterocycles. The molecule has 1 aliphatic carbocycles. The summed E-state index contributed by atoms with van der Waals surface area (Å²) >= 11 is 3.03. The van der Waals surface area contributed by atoms with E-state index in [1.54, 1.807) is 0 Å². The zero-order valence-corrected chi connectivity index (χ0v) is 13.2. The predicted molar refractivity (Wildman–Crippen MR) is 80.0 cm³/mol. The molecule has 7 heteroatoms. The third-order valence-corrected chi connectivity index (χ3v) is 4.39. The molecular weight excluding hydrogens is 347 g/mol. The van der Waals surface area contributed by atoms with Gasteiger partial charge >= 0.3 is 6.18 Å². The summed E-state index contributed by atoms with van der Waals surface area (Å²) in [6, 6.07) is 0.879. The molecule has 21 heavy (non-hydrogen) atoms. The van der Waals surface area contributed by atoms with Crippen LogP contribution in [0.4, 0.5) is 19.0 Å². The van der Waals surface area contributed by atoms with Crippen LogP contribution in [-0.4, -0.2) is 17.6 Å². The third kappa shape index (κ3) is 4.32. The number of aromatic nitrogens is 1. The fraction of sp³-hybridized carbons (Fsp3) is 0.643. The van der Waals surface area contributed by atoms with Crippen LogP contribution in [0.5, 0.6) is 0 Å². The fourth-order valence-corrected chi connectivity index (χ4v) is 3.18. The van der Waals surface area contributed by atoms with Gasteiger partial charge < -0.3 is 11.1 Å². The van der Waals surface area contributed by atoms with E-state index in [-0.39, 0.29) is 11.9 Å². The van der Waals surface area contributed by atoms with E-state index in [2.05, 4.69) is 26.2 Å². The van der Waals surface area contributed by atoms with Crippen LogP contribution in [0.15, 0.2) is 16.7 Å². The summed E-state index contributed by atoms with van der Waals surface area (Å²) in [6.45, 7) is 0.305. The second-order valence-electron chi connectivity index (χ2n) is 5.43. The number of rotatable bonds is 4. The number of halogens is 4. The lowest BCUT2D eigenvalue weighted by Crippen LogP contribution is -2.38. The molecule has 1 fully saturated rings. The maximum Gasteiger partial charge on any atom is 0.419 e. The van der Waals surface area contributed by atoms with Gasteiger partial charge in [0.05, 0.1) is 5.56 Å². The Bertz CT molecular complexity index is 473. The number of nitrogens with two attached hydrogens (primary N) is 1. The first-order chi connectivity index (χ1) is 9.91. The zero-order valence-electron chi connectivity index (χ0n) is 11.6. The summed E-state index contributed by atoms with van der Waals surface area (Å²) in [5, 5.41) is 2.92. The number of pyridine rings is 1. The molecular formula is C14H19BrF3N3. The molecule has 0 saturated heterocycles. The minimum Gasteiger partial charge on any atom is -0.365 e. The van der Waals surface area contributed by atoms with Crippen molar-refractivity contribution in [2.24, 2.45) is 11.7 Å². The van der Waals surface area contributed by atoms with Gasteiger partial charge in [-0.1, -0.05) is 19.3 Å². The standard InChI is InChI=1S/C14H19BrF3N3/c15-10-6-11(14(16,17)18)13(20-8-10)21-12(7-19)9-4-2-1-3-5-9/h6,8-9,12H,1-5,7,19H2,(H,20,21). The van der Waals surface area contributed by atoms with Crippen molar-refractivity contribution < 1.29 is 13.2 Å². The van der Waals surface area contributed by atoms with Crippen LogP contribution < -0.4 is 11.1 Å². The third-order valence-electron chi connectivity index (χ3n) is 3.95. The molecule has 2 rings (SSSR count). The van der Waals surface area contributed by atoms with Crippen LogP contribution in [-0.2, 0) is 6.18 Å². The van der Waals surface area contributed by atoms with Crippen molar-refractivity contribution >= 4 is 21.7 Å². The lowest BCUT2D eigenvalue weighted by Gasteiger charge is -2.31. The Balaban J connectivity index is 2.20. The van der Waals surface area contributed by atoms with Gasteiger partial charge in [0.25, 0.3) is 0 Å². The van der Waals surface area contributed by atoms with Crippen LogP contribution in [0.3, 0.4) is 0 Å². The van der Waals surface area contributed by atoms with E-state index in [9.17, 15) is 13.2 Å². The summed E-state index contributed by atoms with van der Waals surface area (Å²) in [4.78, 5) is 3.89. The maximum absolute atomic E-state index is 13.1. The molecule has 3 N–H and O–H groups in total. The minimum absolute atomic E-state index is 0.133. The normalized spacial score (nSPS) is 18.5. The van der Waals surface area contributed by atoms with Gasteiger partial charge in [-0.05, 0) is 40.8 Å². The number of nitrogens with one attached hydrogen (secondary N) is 1. The van der Waals surface area contributed by atoms with Crippen molar-refractivity contribution in [2.45, 2.75) is 44.3 Å². The van der Waals surface area contributed by atoms with Crippen molar-refractivity contribution in [3.05, 3.63) is 22.3 Å². The average molecular weight is 366 g/mol. The van der Waals surface area contributed by atoms with Gasteiger partial charge in [0.2, 0.25) is 0 Å². The molecule has 1 aromatic rings. The molecule has 0 radical (unpaired) electrons. The highest BCUT2D eigenvalue weighted by atomic mass is 79.9. The average Bonchev–Trinajstić information content (AvgIpc) is 2.46. The Morgan fingerprint density at radius 2 is 2.00 bits per heavy atom. The SMILES string of the molecule is NCC(Nc1ncc(Br)cc1C(F)(F)F)C1CCCCC1. The number of nitrogens with zero attached hydrogens (tertiary/aromatic N) is 1. The summed E-state index contributed by atoms with van der Waals surface area (Å²) in [5.41, 5.74) is 5.00. The second kappa shape index (κ2) is 6.96. The highest BCUT2D eigenvalue weighted by Gasteiger charge is 2.35. The molecule has 1 atom stereocenters. The number of anilines is 1. The first kappa shape index (κ1) is 16.5. The summed E-state index contributed by atoms with van der Waals surface area (Å²) in [7, 11) is 0. The molecule has 0 aliphatic heterocycles. The van der Waals surface area contributed by atoms with E-state index in [1.165, 1.54) is 12.6 Å². The molecule has 1 aliphatic rings. The van der Waals surface area contributed by atoms with E-state index in [1.807, 2.05) is 0 Å². The predicted octanol–water partition coefficient (Wildman–Crippen LogP) is 4.18. The van der Waals surface area contributed by atoms with Crippen LogP contribution in [0.1, 0.15) is 37.7 Å². The maximum atomic E-state index is 13.1. The zero-order chi connectivity index (χ0) is 15.5. The van der Waals surface area contributed by atoms with Gasteiger partial charge in [-0.2, -0.15) is 13.2 Å². The lowest BCUT2D eigenvalue weighted by molar-refractivity contribution is -0.137. The number of hydrogen-bond donors (Lipinski definition) is 2. The fourth-order valence-electron chi connectivity index (χ4n) is 2.85. The molecule has 0 aromatic carbocycles. The summed E-state index contributed by atoms with van der Waals surface area (Å²) < 4.78 is 39.6. The highest BCUT2D eigenvalue weighted by Crippen LogP contribution is 2.36. The number of alkyl halides is 3. The molecule has 0 amide bonds. The summed E-state index contributed by atoms with van der Waals surface area (Å²) in [6.07, 6.45) is 2.36. The topological polar surface area (TPSA) is 50.9 Å². The first-order valence-electron chi connectivity index (χ1n) is 7.11. The lowest BCUT2D eigenvalue weighted by atomic mass is 9.84. The van der Waals surface area contributed by atoms with Crippen molar-refractivity contribution in [3.8, 4) is 0 Å². The Morgan fingerprint density at radius 1 is 1.33 bits per heavy atom. The molecule has 0 bridgehead atoms. The van der Waals surface area contributed by atoms with Crippen molar-refractivity contribution in [1.29, 1.82) is 0 Å². The summed E-state index contributed by atoms with van der Waals surface area (Å²) in [5.74, 6) is 0.182. The minimum atomic E-state index is -4.44. The van der Waals surface area contributed by atoms with Gasteiger partial charge in [0.15, 0.2) is 0 Å². The van der Waals surface area contributed by atoms with Crippen LogP contribution >= 0.6 is 15.9 Å². The van der Waals surface area contributed by atoms with Crippen LogP contribution in [0.25, 0.3) is 0 Å². The van der Waals surface area contributed by atoms with Gasteiger partial charge in [-0.15, -0.1) is 0 Å². The second-order valence-corrected chi connectivity index (χ2v) is 6.35. The molecule has 118 valence electrons. The first-order valence-corrected chi connectivity index (χ1v) is 7.90. The van der Waals surface area contributed by atoms with E-state index in [0.29, 0.717) is 16.9 Å². The monoisotopic (exact) mass is 365 g/mol. The van der Waals surface area contributed by atoms with Gasteiger partial charge in [0.1, 0.15) is 5.82 Å². The van der Waals surface area contributed by atoms with E-state index >= 15 is 0 Å². The van der Waals surface area contributed by atoms with Crippen molar-refractivity contribution in [2.75, 3.05) is 11.9 Å². The molecule has 1 aromatic heterocycles. The highest BCUT2D eigenvalue weighted by molar-refractivity contribution is 9.10. The molecule has 1 saturated carbocycles. The van der Waals surface area contributed by atoms with E-state index in [4.69, 9.17) is 5.73 Å². The Kier molecular flexibility index (Phi) is 5.48. The Morgan fingerprint density at radius 3 is 2.57 bits per heavy atom. The molecule has 3 nitrogen and oxygen atoms in total. The van der Waals surface area contributed by atoms with E-state index < -0.39 is 11.7 Å². The van der Waals surface area contributed by atoms with Gasteiger partial charge in [-0.3, -0.25) is 0 Å². The Labute approximate surface area is 130 Å². The van der Waals surface area contributed by atoms with E-state index in [0.717, 1.165) is 31.7 Å². The quantitative estimate of drug-likeness (QED) is 0.841. The van der Waals surface area contributed by atoms with Gasteiger partial charge in [-0.25, -0.2) is 4.98 Å². The molecule has 1 unspecified atom stereocenters. The van der Waals surface area contributed by atoms with Crippen LogP contribution in [0.2, 0.25) is 0 Å². The number of hydrogen-bond acceptors (Lipinski definition) is 3. The van der Waals surface area contributed by atoms with Crippen LogP contribution in [0, 0.1) is 5.92 Å². The van der Waals surface area contributed by atoms with Crippen molar-refractivity contribution in [1.82, 2.24) is 4.98 Å². The Hall–Kier alpha value is -0.820. The smallest absolute Gasteiger partial charge is 0.365 e. The largest absolute Gasteiger partial charge is 0.419 e.